The minimum Gasteiger partial charge on any atom is -0.394 e. The Labute approximate surface area is 194 Å². The Morgan fingerprint density at radius 2 is 1.97 bits per heavy atom. The van der Waals surface area contributed by atoms with Gasteiger partial charge in [0.05, 0.1) is 47.6 Å². The van der Waals surface area contributed by atoms with E-state index in [2.05, 4.69) is 10.4 Å². The normalized spacial score (nSPS) is 19.1. The lowest BCUT2D eigenvalue weighted by atomic mass is 9.92. The third-order valence-electron chi connectivity index (χ3n) is 5.95. The molecule has 9 heteroatoms. The zero-order valence-electron chi connectivity index (χ0n) is 18.8. The maximum atomic E-state index is 13.0. The molecule has 176 valence electrons. The number of anilines is 1. The number of halogens is 1. The number of rotatable bonds is 7. The topological polar surface area (TPSA) is 105 Å². The second-order valence-electron chi connectivity index (χ2n) is 9.26. The Bertz CT molecular complexity index is 847. The minimum absolute atomic E-state index is 0.130. The van der Waals surface area contributed by atoms with Crippen LogP contribution in [0.4, 0.5) is 10.5 Å². The Kier molecular flexibility index (Phi) is 8.14. The van der Waals surface area contributed by atoms with Gasteiger partial charge in [0.15, 0.2) is 0 Å². The van der Waals surface area contributed by atoms with Gasteiger partial charge in [-0.1, -0.05) is 37.3 Å². The molecule has 0 saturated heterocycles. The summed E-state index contributed by atoms with van der Waals surface area (Å²) in [6.45, 7) is 3.57. The fraction of sp³-hybridized carbons (Fsp3) is 0.609. The van der Waals surface area contributed by atoms with E-state index in [0.29, 0.717) is 12.2 Å². The van der Waals surface area contributed by atoms with Gasteiger partial charge in [-0.05, 0) is 50.8 Å². The van der Waals surface area contributed by atoms with E-state index in [1.807, 2.05) is 0 Å². The third kappa shape index (κ3) is 6.21. The number of aliphatic hydroxyl groups excluding tert-OH is 1. The van der Waals surface area contributed by atoms with Gasteiger partial charge in [0.25, 0.3) is 5.91 Å². The summed E-state index contributed by atoms with van der Waals surface area (Å²) < 4.78 is 0. The van der Waals surface area contributed by atoms with Crippen LogP contribution in [0.2, 0.25) is 5.02 Å². The van der Waals surface area contributed by atoms with Crippen LogP contribution in [0.15, 0.2) is 23.3 Å². The van der Waals surface area contributed by atoms with Gasteiger partial charge >= 0.3 is 6.03 Å². The average molecular weight is 465 g/mol. The van der Waals surface area contributed by atoms with Crippen molar-refractivity contribution in [1.82, 2.24) is 10.2 Å². The summed E-state index contributed by atoms with van der Waals surface area (Å²) >= 11 is 6.31. The molecule has 8 nitrogen and oxygen atoms in total. The Morgan fingerprint density at radius 3 is 2.59 bits per heavy atom. The van der Waals surface area contributed by atoms with Crippen LogP contribution in [0.1, 0.15) is 62.7 Å². The first kappa shape index (κ1) is 24.5. The number of nitrogens with zero attached hydrogens (tertiary/aromatic N) is 3. The fourth-order valence-electron chi connectivity index (χ4n) is 4.35. The van der Waals surface area contributed by atoms with Gasteiger partial charge in [-0.3, -0.25) is 4.79 Å². The van der Waals surface area contributed by atoms with E-state index in [4.69, 9.17) is 11.6 Å². The third-order valence-corrected chi connectivity index (χ3v) is 6.28. The molecule has 0 bridgehead atoms. The maximum Gasteiger partial charge on any atom is 0.345 e. The summed E-state index contributed by atoms with van der Waals surface area (Å²) in [4.78, 5) is 27.4. The van der Waals surface area contributed by atoms with Crippen molar-refractivity contribution in [3.63, 3.8) is 0 Å². The van der Waals surface area contributed by atoms with E-state index < -0.39 is 11.6 Å². The molecule has 1 unspecified atom stereocenters. The Balaban J connectivity index is 1.77. The molecule has 1 aliphatic carbocycles. The van der Waals surface area contributed by atoms with Crippen molar-refractivity contribution in [3.05, 3.63) is 28.8 Å². The molecular formula is C23H33ClN4O4. The van der Waals surface area contributed by atoms with E-state index in [9.17, 15) is 19.8 Å². The largest absolute Gasteiger partial charge is 0.394 e. The van der Waals surface area contributed by atoms with Gasteiger partial charge in [-0.15, -0.1) is 0 Å². The Hall–Kier alpha value is -2.16. The molecule has 0 spiro atoms. The van der Waals surface area contributed by atoms with Crippen molar-refractivity contribution >= 4 is 35.4 Å². The van der Waals surface area contributed by atoms with Crippen LogP contribution in [-0.4, -0.2) is 64.6 Å². The van der Waals surface area contributed by atoms with E-state index in [1.165, 1.54) is 28.8 Å². The van der Waals surface area contributed by atoms with Crippen molar-refractivity contribution in [2.45, 2.75) is 64.0 Å². The summed E-state index contributed by atoms with van der Waals surface area (Å²) in [6, 6.07) is 3.98. The molecular weight excluding hydrogens is 432 g/mol. The molecule has 1 saturated carbocycles. The highest BCUT2D eigenvalue weighted by molar-refractivity contribution is 6.34. The van der Waals surface area contributed by atoms with Gasteiger partial charge in [0, 0.05) is 6.21 Å². The number of benzene rings is 1. The van der Waals surface area contributed by atoms with E-state index in [-0.39, 0.29) is 41.6 Å². The maximum absolute atomic E-state index is 13.0. The highest BCUT2D eigenvalue weighted by Gasteiger charge is 2.30. The van der Waals surface area contributed by atoms with Gasteiger partial charge in [0.2, 0.25) is 0 Å². The average Bonchev–Trinajstić information content (AvgIpc) is 3.02. The minimum atomic E-state index is -1.05. The number of amides is 3. The monoisotopic (exact) mass is 464 g/mol. The van der Waals surface area contributed by atoms with Gasteiger partial charge < -0.3 is 20.4 Å². The summed E-state index contributed by atoms with van der Waals surface area (Å²) in [5.74, 6) is -0.154. The molecule has 3 amide bonds. The van der Waals surface area contributed by atoms with Crippen LogP contribution < -0.4 is 10.3 Å². The summed E-state index contributed by atoms with van der Waals surface area (Å²) in [5.41, 5.74) is -0.426. The fourth-order valence-corrected chi connectivity index (χ4v) is 4.55. The zero-order valence-corrected chi connectivity index (χ0v) is 19.5. The van der Waals surface area contributed by atoms with Crippen LogP contribution >= 0.6 is 11.6 Å². The zero-order chi connectivity index (χ0) is 23.3. The van der Waals surface area contributed by atoms with Gasteiger partial charge in [0.1, 0.15) is 0 Å². The smallest absolute Gasteiger partial charge is 0.345 e. The van der Waals surface area contributed by atoms with Crippen LogP contribution in [0, 0.1) is 5.92 Å². The predicted molar refractivity (Wildman–Crippen MR) is 125 cm³/mol. The van der Waals surface area contributed by atoms with Crippen LogP contribution in [0.3, 0.4) is 0 Å². The number of hydrogen-bond acceptors (Lipinski definition) is 5. The van der Waals surface area contributed by atoms with Crippen LogP contribution in [0.25, 0.3) is 0 Å². The molecule has 1 fully saturated rings. The quantitative estimate of drug-likeness (QED) is 0.537. The van der Waals surface area contributed by atoms with Crippen molar-refractivity contribution in [2.24, 2.45) is 11.0 Å². The van der Waals surface area contributed by atoms with Crippen LogP contribution in [-0.2, 0) is 0 Å². The second-order valence-corrected chi connectivity index (χ2v) is 9.67. The molecule has 1 atom stereocenters. The van der Waals surface area contributed by atoms with Crippen molar-refractivity contribution in [2.75, 3.05) is 24.7 Å². The van der Waals surface area contributed by atoms with Gasteiger partial charge in [-0.2, -0.15) is 10.1 Å². The van der Waals surface area contributed by atoms with E-state index in [0.717, 1.165) is 25.7 Å². The molecule has 0 radical (unpaired) electrons. The lowest BCUT2D eigenvalue weighted by Crippen LogP contribution is -2.50. The summed E-state index contributed by atoms with van der Waals surface area (Å²) in [6.07, 6.45) is 8.11. The molecule has 32 heavy (non-hydrogen) atoms. The number of hydrogen-bond donors (Lipinski definition) is 3. The first-order chi connectivity index (χ1) is 15.2. The number of nitrogens with one attached hydrogen (secondary N) is 1. The van der Waals surface area contributed by atoms with E-state index >= 15 is 0 Å². The number of hydrazone groups is 1. The molecule has 1 aromatic rings. The summed E-state index contributed by atoms with van der Waals surface area (Å²) in [5, 5.41) is 28.6. The summed E-state index contributed by atoms with van der Waals surface area (Å²) in [7, 11) is 0. The number of carbonyl (C=O) groups is 2. The molecule has 3 N–H and O–H groups in total. The molecule has 1 aliphatic heterocycles. The molecule has 3 rings (SSSR count). The molecule has 0 aromatic heterocycles. The van der Waals surface area contributed by atoms with E-state index in [1.54, 1.807) is 32.2 Å². The first-order valence-corrected chi connectivity index (χ1v) is 11.6. The standard InChI is InChI=1S/C23H33ClN4O4/c1-23(2,32)15-27-12-11-25-28(22(27)31)17-9-10-19(24)18(13-17)21(30)26-20(14-29)16-7-5-3-4-6-8-16/h9-11,13,16,20,29,32H,3-8,12,14-15H2,1-2H3,(H,26,30). The van der Waals surface area contributed by atoms with Gasteiger partial charge in [-0.25, -0.2) is 4.79 Å². The highest BCUT2D eigenvalue weighted by atomic mass is 35.5. The van der Waals surface area contributed by atoms with Crippen LogP contribution in [0.5, 0.6) is 0 Å². The van der Waals surface area contributed by atoms with Crippen molar-refractivity contribution in [3.8, 4) is 0 Å². The second kappa shape index (κ2) is 10.6. The number of carbonyl (C=O) groups excluding carboxylic acids is 2. The lowest BCUT2D eigenvalue weighted by Gasteiger charge is -2.33. The first-order valence-electron chi connectivity index (χ1n) is 11.2. The lowest BCUT2D eigenvalue weighted by molar-refractivity contribution is 0.0512. The predicted octanol–water partition coefficient (Wildman–Crippen LogP) is 3.40. The van der Waals surface area contributed by atoms with Crippen molar-refractivity contribution in [1.29, 1.82) is 0 Å². The Morgan fingerprint density at radius 1 is 1.28 bits per heavy atom. The molecule has 1 heterocycles. The highest BCUT2D eigenvalue weighted by Crippen LogP contribution is 2.28. The number of aliphatic hydroxyl groups is 2. The molecule has 2 aliphatic rings. The molecule has 1 aromatic carbocycles. The van der Waals surface area contributed by atoms with Crippen molar-refractivity contribution < 1.29 is 19.8 Å². The number of β-amino-alcohol motifs (C(OH)–C–C–N with tert-alkyl or cyclic N) is 1. The number of urea groups is 1. The SMILES string of the molecule is CC(C)(O)CN1CC=NN(c2ccc(Cl)c(C(=O)NC(CO)C3CCCCCC3)c2)C1=O.